The summed E-state index contributed by atoms with van der Waals surface area (Å²) in [6, 6.07) is 11.4. The van der Waals surface area contributed by atoms with Gasteiger partial charge in [-0.15, -0.1) is 11.8 Å². The number of carbonyl (C=O) groups excluding carboxylic acids is 2. The molecule has 8 heteroatoms. The zero-order chi connectivity index (χ0) is 25.6. The van der Waals surface area contributed by atoms with Gasteiger partial charge in [-0.1, -0.05) is 19.1 Å². The number of pyridine rings is 1. The van der Waals surface area contributed by atoms with Crippen molar-refractivity contribution in [1.29, 1.82) is 0 Å². The maximum atomic E-state index is 13.3. The molecule has 0 saturated carbocycles. The third-order valence-electron chi connectivity index (χ3n) is 5.88. The minimum Gasteiger partial charge on any atom is -0.477 e. The molecular formula is C27H34N4O3S. The third-order valence-corrected chi connectivity index (χ3v) is 6.78. The number of aromatic nitrogens is 1. The van der Waals surface area contributed by atoms with Crippen molar-refractivity contribution in [2.45, 2.75) is 58.0 Å². The quantitative estimate of drug-likeness (QED) is 0.265. The van der Waals surface area contributed by atoms with Gasteiger partial charge < -0.3 is 21.5 Å². The Morgan fingerprint density at radius 3 is 2.57 bits per heavy atom. The van der Waals surface area contributed by atoms with E-state index in [1.165, 1.54) is 4.90 Å². The van der Waals surface area contributed by atoms with E-state index in [1.54, 1.807) is 36.0 Å². The topological polar surface area (TPSA) is 120 Å². The largest absolute Gasteiger partial charge is 0.477 e. The van der Waals surface area contributed by atoms with Crippen LogP contribution in [0.5, 0.6) is 0 Å². The molecule has 0 fully saturated rings. The number of Topliss-reactive ketones (excluding diaryl/α,β-unsaturated/α-hetero) is 1. The van der Waals surface area contributed by atoms with Crippen LogP contribution in [0.4, 0.5) is 5.82 Å². The van der Waals surface area contributed by atoms with Crippen LogP contribution >= 0.6 is 11.8 Å². The molecule has 1 heterocycles. The Morgan fingerprint density at radius 2 is 1.91 bits per heavy atom. The molecular weight excluding hydrogens is 460 g/mol. The van der Waals surface area contributed by atoms with Gasteiger partial charge in [0.1, 0.15) is 5.82 Å². The highest BCUT2D eigenvalue weighted by atomic mass is 32.2. The fraction of sp³-hybridized carbons (Fsp3) is 0.370. The number of amides is 1. The molecule has 0 spiro atoms. The van der Waals surface area contributed by atoms with Crippen molar-refractivity contribution in [3.8, 4) is 0 Å². The number of thioether (sulfide) groups is 1. The summed E-state index contributed by atoms with van der Waals surface area (Å²) in [6.45, 7) is 7.70. The van der Waals surface area contributed by atoms with Gasteiger partial charge in [-0.3, -0.25) is 9.59 Å². The molecule has 1 unspecified atom stereocenters. The van der Waals surface area contributed by atoms with Crippen LogP contribution in [0.25, 0.3) is 0 Å². The summed E-state index contributed by atoms with van der Waals surface area (Å²) >= 11 is 1.76. The van der Waals surface area contributed by atoms with Gasteiger partial charge in [0, 0.05) is 16.2 Å². The fourth-order valence-corrected chi connectivity index (χ4v) is 4.59. The van der Waals surface area contributed by atoms with Crippen LogP contribution in [0, 0.1) is 5.41 Å². The molecule has 1 aliphatic carbocycles. The Hall–Kier alpha value is -3.26. The van der Waals surface area contributed by atoms with Gasteiger partial charge in [-0.25, -0.2) is 4.98 Å². The summed E-state index contributed by atoms with van der Waals surface area (Å²) in [5.74, 6) is 1.44. The third kappa shape index (κ3) is 6.66. The number of nitrogens with one attached hydrogen (secondary N) is 1. The Balaban J connectivity index is 1.68. The van der Waals surface area contributed by atoms with Gasteiger partial charge in [0.05, 0.1) is 23.6 Å². The molecule has 186 valence electrons. The molecule has 1 aromatic carbocycles. The SMILES string of the molecule is CCSc1ccc(CC(=O)Nc2ccc3c(n2)CCC(C)(/C(N)=C/C=C(\N)OC(C)C)C3=O)cc1. The highest BCUT2D eigenvalue weighted by Crippen LogP contribution is 2.39. The highest BCUT2D eigenvalue weighted by molar-refractivity contribution is 7.99. The minimum atomic E-state index is -0.865. The average molecular weight is 495 g/mol. The maximum Gasteiger partial charge on any atom is 0.229 e. The second kappa shape index (κ2) is 11.4. The predicted octanol–water partition coefficient (Wildman–Crippen LogP) is 4.58. The number of allylic oxidation sites excluding steroid dienone is 3. The Bertz CT molecular complexity index is 1140. The number of ketones is 1. The number of nitrogens with two attached hydrogens (primary N) is 2. The van der Waals surface area contributed by atoms with E-state index in [0.29, 0.717) is 35.6 Å². The first-order valence-electron chi connectivity index (χ1n) is 11.8. The van der Waals surface area contributed by atoms with Crippen LogP contribution in [0.2, 0.25) is 0 Å². The number of fused-ring (bicyclic) bond motifs is 1. The van der Waals surface area contributed by atoms with Gasteiger partial charge in [0.15, 0.2) is 11.7 Å². The number of hydrogen-bond acceptors (Lipinski definition) is 7. The van der Waals surface area contributed by atoms with Crippen molar-refractivity contribution in [1.82, 2.24) is 4.98 Å². The lowest BCUT2D eigenvalue weighted by Crippen LogP contribution is -2.38. The molecule has 0 bridgehead atoms. The van der Waals surface area contributed by atoms with Crippen LogP contribution in [-0.4, -0.2) is 28.5 Å². The van der Waals surface area contributed by atoms with Crippen molar-refractivity contribution < 1.29 is 14.3 Å². The van der Waals surface area contributed by atoms with E-state index in [2.05, 4.69) is 17.2 Å². The zero-order valence-electron chi connectivity index (χ0n) is 20.8. The number of carbonyl (C=O) groups is 2. The van der Waals surface area contributed by atoms with Gasteiger partial charge in [-0.2, -0.15) is 0 Å². The molecule has 1 amide bonds. The number of hydrogen-bond donors (Lipinski definition) is 3. The average Bonchev–Trinajstić information content (AvgIpc) is 2.81. The molecule has 0 radical (unpaired) electrons. The predicted molar refractivity (Wildman–Crippen MR) is 141 cm³/mol. The standard InChI is InChI=1S/C27H34N4O3S/c1-5-35-19-8-6-18(7-9-19)16-25(32)31-24-13-10-20-21(30-24)14-15-27(4,26(20)33)22(28)11-12-23(29)34-17(2)3/h6-13,17H,5,14-16,28-29H2,1-4H3,(H,30,31,32)/b22-11-,23-12+. The summed E-state index contributed by atoms with van der Waals surface area (Å²) in [6.07, 6.45) is 4.49. The second-order valence-electron chi connectivity index (χ2n) is 9.01. The molecule has 1 aliphatic rings. The Labute approximate surface area is 211 Å². The molecule has 35 heavy (non-hydrogen) atoms. The number of rotatable bonds is 9. The molecule has 1 aromatic heterocycles. The molecule has 3 rings (SSSR count). The van der Waals surface area contributed by atoms with Crippen LogP contribution in [0.3, 0.4) is 0 Å². The number of aryl methyl sites for hydroxylation is 1. The van der Waals surface area contributed by atoms with E-state index in [0.717, 1.165) is 11.3 Å². The minimum absolute atomic E-state index is 0.0501. The van der Waals surface area contributed by atoms with Crippen LogP contribution < -0.4 is 16.8 Å². The smallest absolute Gasteiger partial charge is 0.229 e. The lowest BCUT2D eigenvalue weighted by molar-refractivity contribution is -0.115. The summed E-state index contributed by atoms with van der Waals surface area (Å²) in [5, 5.41) is 2.85. The maximum absolute atomic E-state index is 13.3. The summed E-state index contributed by atoms with van der Waals surface area (Å²) in [7, 11) is 0. The first-order chi connectivity index (χ1) is 16.6. The summed E-state index contributed by atoms with van der Waals surface area (Å²) < 4.78 is 5.41. The van der Waals surface area contributed by atoms with E-state index in [-0.39, 0.29) is 30.1 Å². The zero-order valence-corrected chi connectivity index (χ0v) is 21.6. The van der Waals surface area contributed by atoms with E-state index in [4.69, 9.17) is 16.2 Å². The monoisotopic (exact) mass is 494 g/mol. The lowest BCUT2D eigenvalue weighted by Gasteiger charge is -2.33. The second-order valence-corrected chi connectivity index (χ2v) is 10.3. The van der Waals surface area contributed by atoms with Crippen molar-refractivity contribution in [2.24, 2.45) is 16.9 Å². The number of anilines is 1. The molecule has 2 aromatic rings. The first-order valence-corrected chi connectivity index (χ1v) is 12.8. The van der Waals surface area contributed by atoms with Crippen LogP contribution in [0.1, 0.15) is 55.7 Å². The molecule has 7 nitrogen and oxygen atoms in total. The fourth-order valence-electron chi connectivity index (χ4n) is 3.93. The van der Waals surface area contributed by atoms with E-state index in [9.17, 15) is 9.59 Å². The Morgan fingerprint density at radius 1 is 1.20 bits per heavy atom. The number of nitrogens with zero attached hydrogens (tertiary/aromatic N) is 1. The van der Waals surface area contributed by atoms with Gasteiger partial charge in [0.2, 0.25) is 5.91 Å². The van der Waals surface area contributed by atoms with E-state index >= 15 is 0 Å². The van der Waals surface area contributed by atoms with Gasteiger partial charge in [-0.05, 0) is 81.3 Å². The van der Waals surface area contributed by atoms with Crippen LogP contribution in [0.15, 0.2) is 65.0 Å². The van der Waals surface area contributed by atoms with Gasteiger partial charge >= 0.3 is 0 Å². The Kier molecular flexibility index (Phi) is 8.62. The highest BCUT2D eigenvalue weighted by Gasteiger charge is 2.41. The molecule has 5 N–H and O–H groups in total. The number of ether oxygens (including phenoxy) is 1. The summed E-state index contributed by atoms with van der Waals surface area (Å²) in [4.78, 5) is 31.6. The van der Waals surface area contributed by atoms with E-state index in [1.807, 2.05) is 45.0 Å². The van der Waals surface area contributed by atoms with Gasteiger partial charge in [0.25, 0.3) is 0 Å². The van der Waals surface area contributed by atoms with Crippen molar-refractivity contribution in [3.05, 3.63) is 77.0 Å². The normalized spacial score (nSPS) is 18.4. The van der Waals surface area contributed by atoms with Crippen molar-refractivity contribution >= 4 is 29.3 Å². The summed E-state index contributed by atoms with van der Waals surface area (Å²) in [5.41, 5.74) is 13.8. The molecule has 1 atom stereocenters. The molecule has 0 aliphatic heterocycles. The molecule has 0 saturated heterocycles. The first kappa shape index (κ1) is 26.3. The van der Waals surface area contributed by atoms with Crippen LogP contribution in [-0.2, 0) is 22.4 Å². The van der Waals surface area contributed by atoms with Crippen molar-refractivity contribution in [3.63, 3.8) is 0 Å². The number of benzene rings is 1. The van der Waals surface area contributed by atoms with Crippen molar-refractivity contribution in [2.75, 3.05) is 11.1 Å². The van der Waals surface area contributed by atoms with E-state index < -0.39 is 5.41 Å². The lowest BCUT2D eigenvalue weighted by atomic mass is 9.71.